The number of aromatic nitrogens is 2. The molecule has 364 valence electrons. The van der Waals surface area contributed by atoms with Crippen molar-refractivity contribution >= 4 is 39.7 Å². The molecule has 0 radical (unpaired) electrons. The van der Waals surface area contributed by atoms with Gasteiger partial charge in [-0.15, -0.1) is 0 Å². The molecule has 2 unspecified atom stereocenters. The highest BCUT2D eigenvalue weighted by Crippen LogP contribution is 2.27. The van der Waals surface area contributed by atoms with Gasteiger partial charge < -0.3 is 43.4 Å². The number of nitrogens with zero attached hydrogens (tertiary/aromatic N) is 5. The van der Waals surface area contributed by atoms with Gasteiger partial charge in [0.25, 0.3) is 11.8 Å². The van der Waals surface area contributed by atoms with Crippen LogP contribution in [0.1, 0.15) is 99.8 Å². The van der Waals surface area contributed by atoms with Crippen LogP contribution in [0.3, 0.4) is 0 Å². The highest BCUT2D eigenvalue weighted by atomic mass is 16.6. The lowest BCUT2D eigenvalue weighted by Crippen LogP contribution is -2.46. The van der Waals surface area contributed by atoms with Crippen molar-refractivity contribution in [2.24, 2.45) is 11.8 Å². The number of likely N-dealkylation sites (tertiary alicyclic amines) is 1. The molecule has 2 atom stereocenters. The molecule has 4 heterocycles. The van der Waals surface area contributed by atoms with Crippen molar-refractivity contribution in [3.63, 3.8) is 0 Å². The number of carbonyl (C=O) groups is 3. The standard InChI is InChI=1S/C30H39N3O4.C25H31N3O2.CH4/c1-6-31(19-23-10-9-17-32(20-23)29(35)37-30(2,3)4)28(34)27-18-24-11-7-8-12-26(24)33(27)21-22-13-15-25(36-5)16-14-22;1-3-27(17-20-7-6-14-26-16-20)25(29)24-15-21-8-4-5-9-23(21)28(24)18-19-10-12-22(30-2)13-11-19;/h7-8,11-16,18,23H,6,9-10,17,19-21H2,1-5H3;4-5,8-13,15,20,26H,3,6-7,14,16-18H2,1-2H3;1H4. The number of amides is 3. The van der Waals surface area contributed by atoms with E-state index in [9.17, 15) is 14.4 Å². The average molecular weight is 927 g/mol. The third-order valence-electron chi connectivity index (χ3n) is 12.9. The molecule has 0 bridgehead atoms. The SMILES string of the molecule is C.CCN(CC1CCCN(C(=O)OC(C)(C)C)C1)C(=O)c1cc2ccccc2n1Cc1ccc(OC)cc1.CCN(CC1CCCNC1)C(=O)c1cc2ccccc2n1Cc1ccc(OC)cc1. The lowest BCUT2D eigenvalue weighted by molar-refractivity contribution is 0.0147. The summed E-state index contributed by atoms with van der Waals surface area (Å²) in [6.45, 7) is 17.1. The van der Waals surface area contributed by atoms with Gasteiger partial charge in [-0.3, -0.25) is 9.59 Å². The van der Waals surface area contributed by atoms with Crippen molar-refractivity contribution in [3.8, 4) is 11.5 Å². The van der Waals surface area contributed by atoms with Crippen LogP contribution < -0.4 is 14.8 Å². The van der Waals surface area contributed by atoms with E-state index >= 15 is 0 Å². The maximum absolute atomic E-state index is 13.9. The minimum atomic E-state index is -0.521. The zero-order chi connectivity index (χ0) is 47.5. The molecule has 2 fully saturated rings. The van der Waals surface area contributed by atoms with Gasteiger partial charge in [-0.1, -0.05) is 68.1 Å². The predicted molar refractivity (Wildman–Crippen MR) is 274 cm³/mol. The van der Waals surface area contributed by atoms with Crippen LogP contribution in [0.25, 0.3) is 21.8 Å². The quantitative estimate of drug-likeness (QED) is 0.116. The molecule has 0 aliphatic carbocycles. The number of rotatable bonds is 14. The number of nitrogens with one attached hydrogen (secondary N) is 1. The van der Waals surface area contributed by atoms with E-state index in [1.54, 1.807) is 19.1 Å². The molecule has 6 aromatic rings. The summed E-state index contributed by atoms with van der Waals surface area (Å²) in [5.41, 5.74) is 5.28. The first-order valence-electron chi connectivity index (χ1n) is 24.1. The van der Waals surface area contributed by atoms with Gasteiger partial charge in [0.15, 0.2) is 0 Å². The monoisotopic (exact) mass is 927 g/mol. The molecular weight excluding hydrogens is 853 g/mol. The Labute approximate surface area is 404 Å². The maximum Gasteiger partial charge on any atom is 0.410 e. The molecule has 12 nitrogen and oxygen atoms in total. The first kappa shape index (κ1) is 51.1. The van der Waals surface area contributed by atoms with Crippen molar-refractivity contribution in [1.82, 2.24) is 29.2 Å². The number of benzene rings is 4. The summed E-state index contributed by atoms with van der Waals surface area (Å²) < 4.78 is 20.4. The van der Waals surface area contributed by atoms with Gasteiger partial charge in [0, 0.05) is 74.2 Å². The molecule has 2 saturated heterocycles. The van der Waals surface area contributed by atoms with Gasteiger partial charge in [-0.25, -0.2) is 4.79 Å². The predicted octanol–water partition coefficient (Wildman–Crippen LogP) is 10.6. The Morgan fingerprint density at radius 1 is 0.662 bits per heavy atom. The van der Waals surface area contributed by atoms with Crippen LogP contribution in [0.2, 0.25) is 0 Å². The second kappa shape index (κ2) is 23.6. The van der Waals surface area contributed by atoms with Crippen LogP contribution in [0.5, 0.6) is 11.5 Å². The highest BCUT2D eigenvalue weighted by Gasteiger charge is 2.31. The second-order valence-electron chi connectivity index (χ2n) is 18.9. The van der Waals surface area contributed by atoms with Gasteiger partial charge in [-0.2, -0.15) is 0 Å². The minimum Gasteiger partial charge on any atom is -0.497 e. The van der Waals surface area contributed by atoms with Crippen molar-refractivity contribution in [3.05, 3.63) is 132 Å². The van der Waals surface area contributed by atoms with Gasteiger partial charge in [-0.05, 0) is 145 Å². The molecule has 2 aliphatic heterocycles. The molecule has 68 heavy (non-hydrogen) atoms. The van der Waals surface area contributed by atoms with E-state index in [2.05, 4.69) is 51.7 Å². The van der Waals surface area contributed by atoms with Crippen LogP contribution >= 0.6 is 0 Å². The number of methoxy groups -OCH3 is 2. The number of hydrogen-bond donors (Lipinski definition) is 1. The first-order chi connectivity index (χ1) is 32.4. The molecule has 1 N–H and O–H groups in total. The highest BCUT2D eigenvalue weighted by molar-refractivity contribution is 5.99. The Morgan fingerprint density at radius 3 is 1.57 bits per heavy atom. The Morgan fingerprint density at radius 2 is 1.13 bits per heavy atom. The van der Waals surface area contributed by atoms with E-state index < -0.39 is 5.60 Å². The minimum absolute atomic E-state index is 0. The average Bonchev–Trinajstić information content (AvgIpc) is 3.90. The summed E-state index contributed by atoms with van der Waals surface area (Å²) in [6, 6.07) is 36.4. The third-order valence-corrected chi connectivity index (χ3v) is 12.9. The Hall–Kier alpha value is -6.27. The number of carbonyl (C=O) groups excluding carboxylic acids is 3. The second-order valence-corrected chi connectivity index (χ2v) is 18.9. The summed E-state index contributed by atoms with van der Waals surface area (Å²) in [7, 11) is 3.33. The molecule has 2 aromatic heterocycles. The first-order valence-corrected chi connectivity index (χ1v) is 24.1. The van der Waals surface area contributed by atoms with Gasteiger partial charge in [0.1, 0.15) is 28.5 Å². The van der Waals surface area contributed by atoms with E-state index in [4.69, 9.17) is 14.2 Å². The van der Waals surface area contributed by atoms with E-state index in [0.29, 0.717) is 50.9 Å². The number of hydrogen-bond acceptors (Lipinski definition) is 7. The van der Waals surface area contributed by atoms with Crippen molar-refractivity contribution in [2.75, 3.05) is 66.6 Å². The van der Waals surface area contributed by atoms with E-state index in [-0.39, 0.29) is 31.3 Å². The summed E-state index contributed by atoms with van der Waals surface area (Å²) >= 11 is 0. The Kier molecular flexibility index (Phi) is 17.8. The zero-order valence-corrected chi connectivity index (χ0v) is 40.6. The summed E-state index contributed by atoms with van der Waals surface area (Å²) in [4.78, 5) is 45.9. The van der Waals surface area contributed by atoms with E-state index in [1.807, 2.05) is 116 Å². The van der Waals surface area contributed by atoms with Crippen LogP contribution in [-0.4, -0.2) is 114 Å². The summed E-state index contributed by atoms with van der Waals surface area (Å²) in [6.07, 6.45) is 4.00. The number of fused-ring (bicyclic) bond motifs is 2. The fourth-order valence-electron chi connectivity index (χ4n) is 9.39. The van der Waals surface area contributed by atoms with Crippen LogP contribution in [0.15, 0.2) is 109 Å². The maximum atomic E-state index is 13.9. The molecule has 0 saturated carbocycles. The lowest BCUT2D eigenvalue weighted by Gasteiger charge is -2.36. The normalized spacial score (nSPS) is 16.0. The number of ether oxygens (including phenoxy) is 3. The van der Waals surface area contributed by atoms with Gasteiger partial charge in [0.2, 0.25) is 0 Å². The van der Waals surface area contributed by atoms with Gasteiger partial charge in [0.05, 0.1) is 14.2 Å². The van der Waals surface area contributed by atoms with E-state index in [0.717, 1.165) is 89.1 Å². The van der Waals surface area contributed by atoms with Crippen LogP contribution in [0.4, 0.5) is 4.79 Å². The smallest absolute Gasteiger partial charge is 0.410 e. The van der Waals surface area contributed by atoms with Gasteiger partial charge >= 0.3 is 6.09 Å². The molecule has 8 rings (SSSR count). The largest absolute Gasteiger partial charge is 0.497 e. The zero-order valence-electron chi connectivity index (χ0n) is 40.6. The third kappa shape index (κ3) is 12.8. The lowest BCUT2D eigenvalue weighted by atomic mass is 9.97. The Bertz CT molecular complexity index is 2570. The fraction of sp³-hybridized carbons (Fsp3) is 0.446. The number of piperidine rings is 2. The molecular formula is C56H74N6O6. The van der Waals surface area contributed by atoms with Crippen molar-refractivity contribution < 1.29 is 28.6 Å². The van der Waals surface area contributed by atoms with Crippen LogP contribution in [0, 0.1) is 11.8 Å². The topological polar surface area (TPSA) is 111 Å². The molecule has 3 amide bonds. The molecule has 2 aliphatic rings. The van der Waals surface area contributed by atoms with E-state index in [1.165, 1.54) is 12.8 Å². The molecule has 12 heteroatoms. The Balaban J connectivity index is 0.000000225. The van der Waals surface area contributed by atoms with Crippen molar-refractivity contribution in [2.45, 2.75) is 86.4 Å². The molecule has 4 aromatic carbocycles. The fourth-order valence-corrected chi connectivity index (χ4v) is 9.39. The number of para-hydroxylation sites is 2. The van der Waals surface area contributed by atoms with Crippen molar-refractivity contribution in [1.29, 1.82) is 0 Å². The summed E-state index contributed by atoms with van der Waals surface area (Å²) in [5, 5.41) is 5.61. The summed E-state index contributed by atoms with van der Waals surface area (Å²) in [5.74, 6) is 2.52. The van der Waals surface area contributed by atoms with Crippen LogP contribution in [-0.2, 0) is 17.8 Å². The molecule has 0 spiro atoms.